The maximum absolute atomic E-state index is 12.6. The van der Waals surface area contributed by atoms with Crippen molar-refractivity contribution in [2.75, 3.05) is 11.4 Å². The van der Waals surface area contributed by atoms with E-state index in [-0.39, 0.29) is 11.8 Å². The molecular weight excluding hydrogens is 414 g/mol. The summed E-state index contributed by atoms with van der Waals surface area (Å²) in [6, 6.07) is 9.08. The van der Waals surface area contributed by atoms with E-state index in [4.69, 9.17) is 11.6 Å². The SMILES string of the molecule is Cc1nc(-c2ccc(CNC(=O)c3ccc(Cl)c(N4CCCC4=O)c3)s2)cs1. The Bertz CT molecular complexity index is 1040. The molecule has 2 aromatic heterocycles. The van der Waals surface area contributed by atoms with Crippen molar-refractivity contribution >= 4 is 51.8 Å². The number of nitrogens with zero attached hydrogens (tertiary/aromatic N) is 2. The Kier molecular flexibility index (Phi) is 5.48. The predicted molar refractivity (Wildman–Crippen MR) is 114 cm³/mol. The minimum Gasteiger partial charge on any atom is -0.347 e. The van der Waals surface area contributed by atoms with Crippen LogP contribution in [0.4, 0.5) is 5.69 Å². The second-order valence-electron chi connectivity index (χ2n) is 6.52. The molecule has 8 heteroatoms. The van der Waals surface area contributed by atoms with Crippen LogP contribution in [0.1, 0.15) is 33.1 Å². The van der Waals surface area contributed by atoms with Gasteiger partial charge in [-0.3, -0.25) is 9.59 Å². The lowest BCUT2D eigenvalue weighted by Gasteiger charge is -2.18. The molecule has 0 saturated carbocycles. The van der Waals surface area contributed by atoms with Gasteiger partial charge in [0.25, 0.3) is 5.91 Å². The summed E-state index contributed by atoms with van der Waals surface area (Å²) in [5, 5.41) is 6.50. The average molecular weight is 432 g/mol. The van der Waals surface area contributed by atoms with Crippen LogP contribution in [0.5, 0.6) is 0 Å². The van der Waals surface area contributed by atoms with Crippen LogP contribution < -0.4 is 10.2 Å². The number of thiazole rings is 1. The van der Waals surface area contributed by atoms with Gasteiger partial charge >= 0.3 is 0 Å². The number of benzene rings is 1. The zero-order valence-corrected chi connectivity index (χ0v) is 17.6. The van der Waals surface area contributed by atoms with E-state index in [0.29, 0.717) is 35.8 Å². The molecule has 0 radical (unpaired) electrons. The van der Waals surface area contributed by atoms with Gasteiger partial charge in [0.05, 0.1) is 32.8 Å². The number of amides is 2. The molecule has 1 aliphatic heterocycles. The molecule has 2 amide bonds. The van der Waals surface area contributed by atoms with E-state index >= 15 is 0 Å². The Morgan fingerprint density at radius 1 is 1.32 bits per heavy atom. The van der Waals surface area contributed by atoms with E-state index in [9.17, 15) is 9.59 Å². The Hall–Kier alpha value is -2.22. The van der Waals surface area contributed by atoms with E-state index < -0.39 is 0 Å². The lowest BCUT2D eigenvalue weighted by molar-refractivity contribution is -0.117. The number of hydrogen-bond donors (Lipinski definition) is 1. The zero-order valence-electron chi connectivity index (χ0n) is 15.2. The Labute approximate surface area is 176 Å². The number of nitrogens with one attached hydrogen (secondary N) is 1. The van der Waals surface area contributed by atoms with Crippen LogP contribution in [0, 0.1) is 6.92 Å². The third-order valence-electron chi connectivity index (χ3n) is 4.53. The van der Waals surface area contributed by atoms with Crippen molar-refractivity contribution in [3.05, 3.63) is 56.2 Å². The lowest BCUT2D eigenvalue weighted by atomic mass is 10.1. The molecule has 1 fully saturated rings. The molecule has 0 aliphatic carbocycles. The molecule has 0 bridgehead atoms. The lowest BCUT2D eigenvalue weighted by Crippen LogP contribution is -2.26. The summed E-state index contributed by atoms with van der Waals surface area (Å²) in [6.07, 6.45) is 1.33. The minimum atomic E-state index is -0.191. The number of rotatable bonds is 5. The second-order valence-corrected chi connectivity index (χ2v) is 9.15. The smallest absolute Gasteiger partial charge is 0.251 e. The molecule has 1 aliphatic rings. The first kappa shape index (κ1) is 19.1. The number of carbonyl (C=O) groups excluding carboxylic acids is 2. The Balaban J connectivity index is 1.44. The summed E-state index contributed by atoms with van der Waals surface area (Å²) in [5.74, 6) is -0.146. The van der Waals surface area contributed by atoms with Crippen LogP contribution in [-0.4, -0.2) is 23.3 Å². The third kappa shape index (κ3) is 3.97. The molecule has 0 spiro atoms. The van der Waals surface area contributed by atoms with Crippen molar-refractivity contribution in [2.24, 2.45) is 0 Å². The van der Waals surface area contributed by atoms with Crippen molar-refractivity contribution in [1.82, 2.24) is 10.3 Å². The summed E-state index contributed by atoms with van der Waals surface area (Å²) in [4.78, 5) is 32.9. The van der Waals surface area contributed by atoms with E-state index in [1.165, 1.54) is 0 Å². The first-order valence-corrected chi connectivity index (χ1v) is 11.0. The molecule has 4 rings (SSSR count). The van der Waals surface area contributed by atoms with Crippen LogP contribution in [0.2, 0.25) is 5.02 Å². The molecular formula is C20H18ClN3O2S2. The Morgan fingerprint density at radius 3 is 2.89 bits per heavy atom. The van der Waals surface area contributed by atoms with Crippen molar-refractivity contribution < 1.29 is 9.59 Å². The highest BCUT2D eigenvalue weighted by Crippen LogP contribution is 2.31. The van der Waals surface area contributed by atoms with E-state index in [1.54, 1.807) is 45.8 Å². The average Bonchev–Trinajstić information content (AvgIpc) is 3.41. The van der Waals surface area contributed by atoms with Gasteiger partial charge in [-0.2, -0.15) is 0 Å². The summed E-state index contributed by atoms with van der Waals surface area (Å²) in [7, 11) is 0. The van der Waals surface area contributed by atoms with Gasteiger partial charge in [0.15, 0.2) is 0 Å². The molecule has 1 saturated heterocycles. The number of halogens is 1. The van der Waals surface area contributed by atoms with Gasteiger partial charge < -0.3 is 10.2 Å². The predicted octanol–water partition coefficient (Wildman–Crippen LogP) is 4.89. The highest BCUT2D eigenvalue weighted by Gasteiger charge is 2.24. The van der Waals surface area contributed by atoms with Crippen LogP contribution in [-0.2, 0) is 11.3 Å². The third-order valence-corrected chi connectivity index (χ3v) is 6.73. The molecule has 0 atom stereocenters. The molecule has 0 unspecified atom stereocenters. The number of hydrogen-bond acceptors (Lipinski definition) is 5. The van der Waals surface area contributed by atoms with E-state index in [1.807, 2.05) is 24.4 Å². The van der Waals surface area contributed by atoms with Gasteiger partial charge in [-0.05, 0) is 43.7 Å². The van der Waals surface area contributed by atoms with E-state index in [0.717, 1.165) is 26.9 Å². The van der Waals surface area contributed by atoms with Crippen LogP contribution in [0.3, 0.4) is 0 Å². The number of thiophene rings is 1. The minimum absolute atomic E-state index is 0.0443. The standard InChI is InChI=1S/C20H18ClN3O2S2/c1-12-23-16(11-27-12)18-7-5-14(28-18)10-22-20(26)13-4-6-15(21)17(9-13)24-8-2-3-19(24)25/h4-7,9,11H,2-3,8,10H2,1H3,(H,22,26). The quantitative estimate of drug-likeness (QED) is 0.625. The van der Waals surface area contributed by atoms with Gasteiger partial charge in [-0.25, -0.2) is 4.98 Å². The topological polar surface area (TPSA) is 62.3 Å². The van der Waals surface area contributed by atoms with Gasteiger partial charge in [-0.1, -0.05) is 11.6 Å². The monoisotopic (exact) mass is 431 g/mol. The van der Waals surface area contributed by atoms with Crippen LogP contribution >= 0.6 is 34.3 Å². The number of carbonyl (C=O) groups is 2. The summed E-state index contributed by atoms with van der Waals surface area (Å²) >= 11 is 9.50. The first-order chi connectivity index (χ1) is 13.5. The van der Waals surface area contributed by atoms with Crippen LogP contribution in [0.25, 0.3) is 10.6 Å². The maximum atomic E-state index is 12.6. The Morgan fingerprint density at radius 2 is 2.18 bits per heavy atom. The number of aryl methyl sites for hydroxylation is 1. The van der Waals surface area contributed by atoms with Gasteiger partial charge in [-0.15, -0.1) is 22.7 Å². The van der Waals surface area contributed by atoms with Gasteiger partial charge in [0, 0.05) is 28.8 Å². The van der Waals surface area contributed by atoms with Crippen molar-refractivity contribution in [3.8, 4) is 10.6 Å². The normalized spacial score (nSPS) is 13.9. The fourth-order valence-corrected chi connectivity index (χ4v) is 4.94. The number of aromatic nitrogens is 1. The van der Waals surface area contributed by atoms with Crippen molar-refractivity contribution in [1.29, 1.82) is 0 Å². The largest absolute Gasteiger partial charge is 0.347 e. The maximum Gasteiger partial charge on any atom is 0.251 e. The fraction of sp³-hybridized carbons (Fsp3) is 0.250. The molecule has 1 aromatic carbocycles. The molecule has 28 heavy (non-hydrogen) atoms. The number of anilines is 1. The molecule has 144 valence electrons. The molecule has 1 N–H and O–H groups in total. The van der Waals surface area contributed by atoms with Crippen molar-refractivity contribution in [3.63, 3.8) is 0 Å². The highest BCUT2D eigenvalue weighted by atomic mass is 35.5. The summed E-state index contributed by atoms with van der Waals surface area (Å²) in [6.45, 7) is 3.06. The summed E-state index contributed by atoms with van der Waals surface area (Å²) in [5.41, 5.74) is 2.07. The molecule has 5 nitrogen and oxygen atoms in total. The van der Waals surface area contributed by atoms with Crippen LogP contribution in [0.15, 0.2) is 35.7 Å². The van der Waals surface area contributed by atoms with Gasteiger partial charge in [0.1, 0.15) is 0 Å². The van der Waals surface area contributed by atoms with E-state index in [2.05, 4.69) is 10.3 Å². The van der Waals surface area contributed by atoms with Gasteiger partial charge in [0.2, 0.25) is 5.91 Å². The molecule has 3 heterocycles. The first-order valence-electron chi connectivity index (χ1n) is 8.90. The second kappa shape index (κ2) is 8.03. The van der Waals surface area contributed by atoms with Crippen molar-refractivity contribution in [2.45, 2.75) is 26.3 Å². The zero-order chi connectivity index (χ0) is 19.7. The fourth-order valence-electron chi connectivity index (χ4n) is 3.12. The molecule has 3 aromatic rings. The highest BCUT2D eigenvalue weighted by molar-refractivity contribution is 7.16. The summed E-state index contributed by atoms with van der Waals surface area (Å²) < 4.78 is 0.